The second-order valence-corrected chi connectivity index (χ2v) is 6.96. The zero-order valence-electron chi connectivity index (χ0n) is 10.6. The van der Waals surface area contributed by atoms with Crippen LogP contribution in [0.5, 0.6) is 0 Å². The van der Waals surface area contributed by atoms with Crippen LogP contribution in [0.25, 0.3) is 0 Å². The molecule has 3 nitrogen and oxygen atoms in total. The molecule has 0 heterocycles. The van der Waals surface area contributed by atoms with Gasteiger partial charge in [-0.2, -0.15) is 0 Å². The molecule has 0 saturated carbocycles. The summed E-state index contributed by atoms with van der Waals surface area (Å²) in [6, 6.07) is 2.96. The highest BCUT2D eigenvalue weighted by Crippen LogP contribution is 2.20. The minimum Gasteiger partial charge on any atom is -0.211 e. The van der Waals surface area contributed by atoms with E-state index in [9.17, 15) is 17.2 Å². The molecule has 1 aromatic carbocycles. The number of halogens is 2. The third-order valence-electron chi connectivity index (χ3n) is 2.35. The van der Waals surface area contributed by atoms with Crippen molar-refractivity contribution in [3.63, 3.8) is 0 Å². The van der Waals surface area contributed by atoms with Crippen LogP contribution >= 0.6 is 0 Å². The van der Waals surface area contributed by atoms with E-state index >= 15 is 0 Å². The molecule has 102 valence electrons. The molecule has 0 aromatic heterocycles. The average molecular weight is 277 g/mol. The van der Waals surface area contributed by atoms with Crippen molar-refractivity contribution in [3.05, 3.63) is 29.8 Å². The predicted octanol–water partition coefficient (Wildman–Crippen LogP) is 2.68. The lowest BCUT2D eigenvalue weighted by molar-refractivity contribution is 0.378. The SMILES string of the molecule is CC(C)(C)CCNS(=O)(=O)c1c(F)cccc1F. The van der Waals surface area contributed by atoms with Crippen LogP contribution in [0.1, 0.15) is 27.2 Å². The van der Waals surface area contributed by atoms with Gasteiger partial charge in [0.05, 0.1) is 0 Å². The van der Waals surface area contributed by atoms with Gasteiger partial charge in [0, 0.05) is 6.54 Å². The lowest BCUT2D eigenvalue weighted by Crippen LogP contribution is -2.28. The van der Waals surface area contributed by atoms with Gasteiger partial charge in [-0.25, -0.2) is 21.9 Å². The van der Waals surface area contributed by atoms with Crippen molar-refractivity contribution in [2.24, 2.45) is 5.41 Å². The molecule has 1 N–H and O–H groups in total. The van der Waals surface area contributed by atoms with Crippen molar-refractivity contribution in [3.8, 4) is 0 Å². The van der Waals surface area contributed by atoms with Crippen LogP contribution in [0.4, 0.5) is 8.78 Å². The Morgan fingerprint density at radius 3 is 2.11 bits per heavy atom. The van der Waals surface area contributed by atoms with Gasteiger partial charge in [0.1, 0.15) is 11.6 Å². The van der Waals surface area contributed by atoms with Gasteiger partial charge in [0.25, 0.3) is 0 Å². The molecule has 0 unspecified atom stereocenters. The lowest BCUT2D eigenvalue weighted by Gasteiger charge is -2.18. The van der Waals surface area contributed by atoms with Crippen LogP contribution in [-0.4, -0.2) is 15.0 Å². The maximum Gasteiger partial charge on any atom is 0.246 e. The summed E-state index contributed by atoms with van der Waals surface area (Å²) in [6.07, 6.45) is 0.572. The van der Waals surface area contributed by atoms with Crippen molar-refractivity contribution in [2.75, 3.05) is 6.54 Å². The van der Waals surface area contributed by atoms with E-state index in [1.165, 1.54) is 0 Å². The quantitative estimate of drug-likeness (QED) is 0.919. The van der Waals surface area contributed by atoms with Crippen molar-refractivity contribution in [1.29, 1.82) is 0 Å². The molecule has 0 aliphatic rings. The summed E-state index contributed by atoms with van der Waals surface area (Å²) in [5.41, 5.74) is -0.0592. The molecule has 0 aliphatic heterocycles. The summed E-state index contributed by atoms with van der Waals surface area (Å²) >= 11 is 0. The first-order chi connectivity index (χ1) is 8.13. The van der Waals surface area contributed by atoms with Crippen LogP contribution in [0.15, 0.2) is 23.1 Å². The summed E-state index contributed by atoms with van der Waals surface area (Å²) in [5, 5.41) is 0. The Morgan fingerprint density at radius 2 is 1.67 bits per heavy atom. The van der Waals surface area contributed by atoms with E-state index < -0.39 is 26.6 Å². The Bertz CT molecular complexity index is 501. The van der Waals surface area contributed by atoms with E-state index in [1.807, 2.05) is 20.8 Å². The Kier molecular flexibility index (Phi) is 4.45. The minimum atomic E-state index is -4.14. The smallest absolute Gasteiger partial charge is 0.211 e. The fourth-order valence-corrected chi connectivity index (χ4v) is 2.54. The normalized spacial score (nSPS) is 12.7. The fraction of sp³-hybridized carbons (Fsp3) is 0.500. The first-order valence-corrected chi connectivity index (χ1v) is 7.05. The van der Waals surface area contributed by atoms with E-state index in [2.05, 4.69) is 4.72 Å². The topological polar surface area (TPSA) is 46.2 Å². The highest BCUT2D eigenvalue weighted by Gasteiger charge is 2.23. The van der Waals surface area contributed by atoms with E-state index in [-0.39, 0.29) is 12.0 Å². The molecule has 0 fully saturated rings. The molecule has 18 heavy (non-hydrogen) atoms. The molecule has 1 aromatic rings. The number of rotatable bonds is 4. The van der Waals surface area contributed by atoms with Gasteiger partial charge in [-0.1, -0.05) is 26.8 Å². The molecule has 0 atom stereocenters. The number of hydrogen-bond acceptors (Lipinski definition) is 2. The molecule has 0 spiro atoms. The van der Waals surface area contributed by atoms with E-state index in [0.717, 1.165) is 18.2 Å². The molecule has 0 amide bonds. The Labute approximate surface area is 106 Å². The summed E-state index contributed by atoms with van der Waals surface area (Å²) in [7, 11) is -4.14. The summed E-state index contributed by atoms with van der Waals surface area (Å²) in [4.78, 5) is -0.918. The van der Waals surface area contributed by atoms with E-state index in [1.54, 1.807) is 0 Å². The zero-order chi connectivity index (χ0) is 14.0. The zero-order valence-corrected chi connectivity index (χ0v) is 11.4. The van der Waals surface area contributed by atoms with Crippen LogP contribution in [0.2, 0.25) is 0 Å². The summed E-state index contributed by atoms with van der Waals surface area (Å²) in [6.45, 7) is 5.99. The minimum absolute atomic E-state index is 0.0592. The van der Waals surface area contributed by atoms with E-state index in [0.29, 0.717) is 6.42 Å². The van der Waals surface area contributed by atoms with Crippen LogP contribution in [0.3, 0.4) is 0 Å². The second kappa shape index (κ2) is 5.32. The number of benzene rings is 1. The first-order valence-electron chi connectivity index (χ1n) is 5.57. The number of hydrogen-bond donors (Lipinski definition) is 1. The summed E-state index contributed by atoms with van der Waals surface area (Å²) < 4.78 is 52.4. The van der Waals surface area contributed by atoms with Crippen LogP contribution in [0, 0.1) is 17.0 Å². The average Bonchev–Trinajstić information content (AvgIpc) is 2.13. The van der Waals surface area contributed by atoms with Gasteiger partial charge in [-0.15, -0.1) is 0 Å². The third-order valence-corrected chi connectivity index (χ3v) is 3.87. The maximum absolute atomic E-state index is 13.3. The van der Waals surface area contributed by atoms with Crippen molar-refractivity contribution in [2.45, 2.75) is 32.1 Å². The highest BCUT2D eigenvalue weighted by atomic mass is 32.2. The van der Waals surface area contributed by atoms with E-state index in [4.69, 9.17) is 0 Å². The van der Waals surface area contributed by atoms with Crippen LogP contribution in [-0.2, 0) is 10.0 Å². The number of sulfonamides is 1. The Morgan fingerprint density at radius 1 is 1.17 bits per heavy atom. The van der Waals surface area contributed by atoms with Gasteiger partial charge in [0.2, 0.25) is 10.0 Å². The van der Waals surface area contributed by atoms with Gasteiger partial charge < -0.3 is 0 Å². The maximum atomic E-state index is 13.3. The first kappa shape index (κ1) is 15.0. The Hall–Kier alpha value is -1.01. The van der Waals surface area contributed by atoms with Gasteiger partial charge >= 0.3 is 0 Å². The molecular formula is C12H17F2NO2S. The highest BCUT2D eigenvalue weighted by molar-refractivity contribution is 7.89. The van der Waals surface area contributed by atoms with Gasteiger partial charge in [0.15, 0.2) is 4.90 Å². The molecular weight excluding hydrogens is 260 g/mol. The molecule has 0 bridgehead atoms. The lowest BCUT2D eigenvalue weighted by atomic mass is 9.93. The van der Waals surface area contributed by atoms with Crippen molar-refractivity contribution >= 4 is 10.0 Å². The largest absolute Gasteiger partial charge is 0.246 e. The second-order valence-electron chi connectivity index (χ2n) is 5.26. The molecule has 0 saturated heterocycles. The van der Waals surface area contributed by atoms with Crippen molar-refractivity contribution < 1.29 is 17.2 Å². The van der Waals surface area contributed by atoms with Gasteiger partial charge in [-0.05, 0) is 24.0 Å². The van der Waals surface area contributed by atoms with Crippen molar-refractivity contribution in [1.82, 2.24) is 4.72 Å². The molecule has 6 heteroatoms. The standard InChI is InChI=1S/C12H17F2NO2S/c1-12(2,3)7-8-15-18(16,17)11-9(13)5-4-6-10(11)14/h4-6,15H,7-8H2,1-3H3. The molecule has 1 rings (SSSR count). The van der Waals surface area contributed by atoms with Gasteiger partial charge in [-0.3, -0.25) is 0 Å². The summed E-state index contributed by atoms with van der Waals surface area (Å²) in [5.74, 6) is -2.17. The predicted molar refractivity (Wildman–Crippen MR) is 65.6 cm³/mol. The monoisotopic (exact) mass is 277 g/mol. The number of nitrogens with one attached hydrogen (secondary N) is 1. The van der Waals surface area contributed by atoms with Crippen LogP contribution < -0.4 is 4.72 Å². The Balaban J connectivity index is 2.88. The third kappa shape index (κ3) is 4.03. The molecule has 0 aliphatic carbocycles. The molecule has 0 radical (unpaired) electrons. The fourth-order valence-electron chi connectivity index (χ4n) is 1.37.